The molecular weight excluding hydrogens is 416 g/mol. The molecule has 1 fully saturated rings. The Bertz CT molecular complexity index is 1060. The van der Waals surface area contributed by atoms with Crippen molar-refractivity contribution in [3.05, 3.63) is 65.5 Å². The molecule has 0 unspecified atom stereocenters. The molecule has 4 rings (SSSR count). The minimum absolute atomic E-state index is 0.125. The highest BCUT2D eigenvalue weighted by Crippen LogP contribution is 2.20. The SMILES string of the molecule is COc1ccc(CN2CCN(Cc3nc(N)nc(Nc4ccc(F)cc4)n3)CC2)cc1F. The van der Waals surface area contributed by atoms with E-state index < -0.39 is 0 Å². The number of methoxy groups -OCH3 is 1. The van der Waals surface area contributed by atoms with Gasteiger partial charge in [0.05, 0.1) is 13.7 Å². The minimum atomic E-state index is -0.346. The Morgan fingerprint density at radius 3 is 2.28 bits per heavy atom. The Morgan fingerprint density at radius 2 is 1.62 bits per heavy atom. The number of anilines is 3. The van der Waals surface area contributed by atoms with Crippen molar-refractivity contribution in [2.45, 2.75) is 13.1 Å². The van der Waals surface area contributed by atoms with E-state index in [0.717, 1.165) is 31.7 Å². The van der Waals surface area contributed by atoms with Crippen molar-refractivity contribution in [2.24, 2.45) is 0 Å². The number of ether oxygens (including phenoxy) is 1. The zero-order valence-electron chi connectivity index (χ0n) is 17.8. The van der Waals surface area contributed by atoms with Gasteiger partial charge < -0.3 is 15.8 Å². The predicted octanol–water partition coefficient (Wildman–Crippen LogP) is 2.80. The molecule has 1 aliphatic heterocycles. The maximum absolute atomic E-state index is 13.9. The molecule has 2 heterocycles. The monoisotopic (exact) mass is 441 g/mol. The minimum Gasteiger partial charge on any atom is -0.494 e. The van der Waals surface area contributed by atoms with Gasteiger partial charge in [-0.05, 0) is 42.0 Å². The lowest BCUT2D eigenvalue weighted by atomic mass is 10.2. The molecule has 0 spiro atoms. The van der Waals surface area contributed by atoms with Gasteiger partial charge in [-0.3, -0.25) is 9.80 Å². The molecule has 8 nitrogen and oxygen atoms in total. The lowest BCUT2D eigenvalue weighted by Crippen LogP contribution is -2.45. The van der Waals surface area contributed by atoms with E-state index in [9.17, 15) is 8.78 Å². The quantitative estimate of drug-likeness (QED) is 0.578. The summed E-state index contributed by atoms with van der Waals surface area (Å²) < 4.78 is 32.0. The maximum Gasteiger partial charge on any atom is 0.232 e. The first-order chi connectivity index (χ1) is 15.5. The Balaban J connectivity index is 1.32. The molecule has 0 radical (unpaired) electrons. The van der Waals surface area contributed by atoms with Gasteiger partial charge in [-0.1, -0.05) is 6.07 Å². The van der Waals surface area contributed by atoms with Crippen LogP contribution in [0.25, 0.3) is 0 Å². The third kappa shape index (κ3) is 5.65. The van der Waals surface area contributed by atoms with Crippen LogP contribution in [0.5, 0.6) is 5.75 Å². The third-order valence-corrected chi connectivity index (χ3v) is 5.25. The van der Waals surface area contributed by atoms with E-state index in [-0.39, 0.29) is 23.3 Å². The number of nitrogens with one attached hydrogen (secondary N) is 1. The third-order valence-electron chi connectivity index (χ3n) is 5.25. The van der Waals surface area contributed by atoms with Gasteiger partial charge >= 0.3 is 0 Å². The van der Waals surface area contributed by atoms with E-state index >= 15 is 0 Å². The molecule has 10 heteroatoms. The molecule has 0 bridgehead atoms. The summed E-state index contributed by atoms with van der Waals surface area (Å²) in [6.45, 7) is 4.55. The van der Waals surface area contributed by atoms with Gasteiger partial charge in [0.2, 0.25) is 11.9 Å². The Hall–Kier alpha value is -3.37. The Morgan fingerprint density at radius 1 is 0.938 bits per heavy atom. The summed E-state index contributed by atoms with van der Waals surface area (Å²) in [5.41, 5.74) is 7.43. The first-order valence-electron chi connectivity index (χ1n) is 10.3. The molecule has 3 aromatic rings. The van der Waals surface area contributed by atoms with Crippen LogP contribution in [0.4, 0.5) is 26.4 Å². The van der Waals surface area contributed by atoms with E-state index in [1.807, 2.05) is 6.07 Å². The van der Waals surface area contributed by atoms with Gasteiger partial charge in [0.15, 0.2) is 11.6 Å². The molecular formula is C22H25F2N7O. The van der Waals surface area contributed by atoms with Gasteiger partial charge in [0.1, 0.15) is 11.6 Å². The first-order valence-corrected chi connectivity index (χ1v) is 10.3. The number of benzene rings is 2. The second-order valence-electron chi connectivity index (χ2n) is 7.59. The zero-order valence-corrected chi connectivity index (χ0v) is 17.8. The fourth-order valence-electron chi connectivity index (χ4n) is 3.60. The topological polar surface area (TPSA) is 92.4 Å². The summed E-state index contributed by atoms with van der Waals surface area (Å²) in [6.07, 6.45) is 0. The highest BCUT2D eigenvalue weighted by Gasteiger charge is 2.19. The summed E-state index contributed by atoms with van der Waals surface area (Å²) in [5.74, 6) is 0.596. The molecule has 0 atom stereocenters. The average molecular weight is 441 g/mol. The van der Waals surface area contributed by atoms with Gasteiger partial charge in [-0.15, -0.1) is 0 Å². The van der Waals surface area contributed by atoms with Crippen LogP contribution in [0.15, 0.2) is 42.5 Å². The van der Waals surface area contributed by atoms with Gasteiger partial charge in [0.25, 0.3) is 0 Å². The number of aromatic nitrogens is 3. The molecule has 168 valence electrons. The van der Waals surface area contributed by atoms with E-state index in [1.165, 1.54) is 25.3 Å². The Kier molecular flexibility index (Phi) is 6.72. The maximum atomic E-state index is 13.9. The predicted molar refractivity (Wildman–Crippen MR) is 117 cm³/mol. The second kappa shape index (κ2) is 9.84. The lowest BCUT2D eigenvalue weighted by Gasteiger charge is -2.34. The summed E-state index contributed by atoms with van der Waals surface area (Å²) in [7, 11) is 1.46. The highest BCUT2D eigenvalue weighted by atomic mass is 19.1. The van der Waals surface area contributed by atoms with Gasteiger partial charge in [-0.25, -0.2) is 8.78 Å². The van der Waals surface area contributed by atoms with Gasteiger partial charge in [0, 0.05) is 38.4 Å². The van der Waals surface area contributed by atoms with Crippen molar-refractivity contribution in [3.8, 4) is 5.75 Å². The standard InChI is InChI=1S/C22H25F2N7O/c1-32-19-7-2-15(12-18(19)24)13-30-8-10-31(11-9-30)14-20-27-21(25)29-22(28-20)26-17-5-3-16(23)4-6-17/h2-7,12H,8-11,13-14H2,1H3,(H3,25,26,27,28,29). The van der Waals surface area contributed by atoms with Crippen molar-refractivity contribution >= 4 is 17.6 Å². The largest absolute Gasteiger partial charge is 0.494 e. The summed E-state index contributed by atoms with van der Waals surface area (Å²) >= 11 is 0. The molecule has 32 heavy (non-hydrogen) atoms. The van der Waals surface area contributed by atoms with Crippen LogP contribution in [-0.2, 0) is 13.1 Å². The second-order valence-corrected chi connectivity index (χ2v) is 7.59. The molecule has 0 aliphatic carbocycles. The van der Waals surface area contributed by atoms with E-state index in [2.05, 4.69) is 30.1 Å². The smallest absolute Gasteiger partial charge is 0.232 e. The number of rotatable bonds is 7. The summed E-state index contributed by atoms with van der Waals surface area (Å²) in [4.78, 5) is 17.3. The van der Waals surface area contributed by atoms with Crippen molar-refractivity contribution in [3.63, 3.8) is 0 Å². The van der Waals surface area contributed by atoms with Crippen molar-refractivity contribution in [2.75, 3.05) is 44.3 Å². The molecule has 1 aliphatic rings. The lowest BCUT2D eigenvalue weighted by molar-refractivity contribution is 0.120. The van der Waals surface area contributed by atoms with Crippen LogP contribution < -0.4 is 15.8 Å². The van der Waals surface area contributed by atoms with Crippen molar-refractivity contribution in [1.29, 1.82) is 0 Å². The number of piperazine rings is 1. The Labute approximate surface area is 185 Å². The number of hydrogen-bond acceptors (Lipinski definition) is 8. The molecule has 3 N–H and O–H groups in total. The number of nitrogens with zero attached hydrogens (tertiary/aromatic N) is 5. The van der Waals surface area contributed by atoms with E-state index in [0.29, 0.717) is 30.5 Å². The van der Waals surface area contributed by atoms with Crippen LogP contribution in [0.2, 0.25) is 0 Å². The van der Waals surface area contributed by atoms with Crippen molar-refractivity contribution in [1.82, 2.24) is 24.8 Å². The zero-order chi connectivity index (χ0) is 22.5. The highest BCUT2D eigenvalue weighted by molar-refractivity contribution is 5.53. The van der Waals surface area contributed by atoms with Gasteiger partial charge in [-0.2, -0.15) is 15.0 Å². The number of nitrogens with two attached hydrogens (primary N) is 1. The summed E-state index contributed by atoms with van der Waals surface area (Å²) in [6, 6.07) is 11.0. The summed E-state index contributed by atoms with van der Waals surface area (Å²) in [5, 5.41) is 3.02. The normalized spacial score (nSPS) is 15.0. The molecule has 0 saturated carbocycles. The average Bonchev–Trinajstić information content (AvgIpc) is 2.76. The number of hydrogen-bond donors (Lipinski definition) is 2. The molecule has 0 amide bonds. The van der Waals surface area contributed by atoms with Crippen molar-refractivity contribution < 1.29 is 13.5 Å². The fraction of sp³-hybridized carbons (Fsp3) is 0.318. The molecule has 2 aromatic carbocycles. The van der Waals surface area contributed by atoms with Crippen LogP contribution in [0.1, 0.15) is 11.4 Å². The molecule has 1 saturated heterocycles. The first kappa shape index (κ1) is 21.8. The van der Waals surface area contributed by atoms with Crippen LogP contribution in [-0.4, -0.2) is 58.0 Å². The van der Waals surface area contributed by atoms with Crippen LogP contribution in [0, 0.1) is 11.6 Å². The number of halogens is 2. The van der Waals surface area contributed by atoms with E-state index in [4.69, 9.17) is 10.5 Å². The number of nitrogen functional groups attached to an aromatic ring is 1. The van der Waals surface area contributed by atoms with Crippen LogP contribution in [0.3, 0.4) is 0 Å². The van der Waals surface area contributed by atoms with E-state index in [1.54, 1.807) is 18.2 Å². The molecule has 1 aromatic heterocycles. The fourth-order valence-corrected chi connectivity index (χ4v) is 3.60. The van der Waals surface area contributed by atoms with Crippen LogP contribution >= 0.6 is 0 Å².